The predicted octanol–water partition coefficient (Wildman–Crippen LogP) is 2.12. The summed E-state index contributed by atoms with van der Waals surface area (Å²) in [7, 11) is 0. The Morgan fingerprint density at radius 3 is 2.62 bits per heavy atom. The zero-order chi connectivity index (χ0) is 11.4. The van der Waals surface area contributed by atoms with Gasteiger partial charge in [0.15, 0.2) is 0 Å². The lowest BCUT2D eigenvalue weighted by Gasteiger charge is -2.01. The third-order valence-corrected chi connectivity index (χ3v) is 2.08. The molecule has 0 aliphatic heterocycles. The molecule has 0 spiro atoms. The van der Waals surface area contributed by atoms with E-state index in [0.29, 0.717) is 0 Å². The summed E-state index contributed by atoms with van der Waals surface area (Å²) >= 11 is 0. The fraction of sp³-hybridized carbons (Fsp3) is 0. The molecule has 0 fully saturated rings. The first-order valence-electron chi connectivity index (χ1n) is 4.66. The smallest absolute Gasteiger partial charge is 0.235 e. The van der Waals surface area contributed by atoms with Crippen molar-refractivity contribution in [1.29, 1.82) is 0 Å². The highest BCUT2D eigenvalue weighted by molar-refractivity contribution is 5.50. The summed E-state index contributed by atoms with van der Waals surface area (Å²) in [5.74, 6) is 0. The third kappa shape index (κ3) is 2.33. The maximum Gasteiger partial charge on any atom is 0.235 e. The molecule has 1 aromatic carbocycles. The first-order valence-corrected chi connectivity index (χ1v) is 4.66. The molecule has 0 saturated heterocycles. The summed E-state index contributed by atoms with van der Waals surface area (Å²) in [6.45, 7) is 0. The van der Waals surface area contributed by atoms with Gasteiger partial charge in [0.2, 0.25) is 6.20 Å². The van der Waals surface area contributed by atoms with E-state index in [1.165, 1.54) is 6.08 Å². The van der Waals surface area contributed by atoms with Crippen LogP contribution in [-0.4, -0.2) is 14.5 Å². The highest BCUT2D eigenvalue weighted by Crippen LogP contribution is 2.10. The Balaban J connectivity index is 2.20. The van der Waals surface area contributed by atoms with Crippen molar-refractivity contribution < 1.29 is 4.92 Å². The van der Waals surface area contributed by atoms with Crippen molar-refractivity contribution in [2.45, 2.75) is 0 Å². The van der Waals surface area contributed by atoms with Crippen molar-refractivity contribution in [3.05, 3.63) is 64.9 Å². The SMILES string of the molecule is O=[N+]([O-])/C=C/c1ccc(-n2ccnc2)cc1. The van der Waals surface area contributed by atoms with Crippen LogP contribution in [0.2, 0.25) is 0 Å². The monoisotopic (exact) mass is 215 g/mol. The maximum atomic E-state index is 10.1. The molecule has 0 N–H and O–H groups in total. The predicted molar refractivity (Wildman–Crippen MR) is 59.6 cm³/mol. The van der Waals surface area contributed by atoms with Gasteiger partial charge in [0.05, 0.1) is 11.3 Å². The van der Waals surface area contributed by atoms with Gasteiger partial charge in [-0.05, 0) is 17.7 Å². The highest BCUT2D eigenvalue weighted by atomic mass is 16.6. The van der Waals surface area contributed by atoms with Crippen molar-refractivity contribution >= 4 is 6.08 Å². The van der Waals surface area contributed by atoms with E-state index in [-0.39, 0.29) is 0 Å². The number of nitrogens with zero attached hydrogens (tertiary/aromatic N) is 3. The van der Waals surface area contributed by atoms with Gasteiger partial charge in [0.1, 0.15) is 0 Å². The van der Waals surface area contributed by atoms with E-state index in [2.05, 4.69) is 4.98 Å². The first kappa shape index (κ1) is 10.1. The lowest BCUT2D eigenvalue weighted by molar-refractivity contribution is -0.400. The number of imidazole rings is 1. The molecule has 0 aliphatic rings. The summed E-state index contributed by atoms with van der Waals surface area (Å²) in [4.78, 5) is 13.6. The van der Waals surface area contributed by atoms with E-state index < -0.39 is 4.92 Å². The number of nitro groups is 1. The normalized spacial score (nSPS) is 10.8. The van der Waals surface area contributed by atoms with Gasteiger partial charge < -0.3 is 4.57 Å². The van der Waals surface area contributed by atoms with Crippen LogP contribution < -0.4 is 0 Å². The van der Waals surface area contributed by atoms with Crippen molar-refractivity contribution in [2.24, 2.45) is 0 Å². The molecule has 1 heterocycles. The number of benzene rings is 1. The summed E-state index contributed by atoms with van der Waals surface area (Å²) in [5.41, 5.74) is 1.76. The van der Waals surface area contributed by atoms with Gasteiger partial charge >= 0.3 is 0 Å². The Morgan fingerprint density at radius 1 is 1.31 bits per heavy atom. The summed E-state index contributed by atoms with van der Waals surface area (Å²) in [6.07, 6.45) is 7.61. The molecule has 2 rings (SSSR count). The molecule has 0 amide bonds. The lowest BCUT2D eigenvalue weighted by Crippen LogP contribution is -1.89. The van der Waals surface area contributed by atoms with Crippen LogP contribution in [0.15, 0.2) is 49.2 Å². The molecule has 0 saturated carbocycles. The van der Waals surface area contributed by atoms with Crippen LogP contribution in [0, 0.1) is 10.1 Å². The van der Waals surface area contributed by atoms with Gasteiger partial charge in [-0.3, -0.25) is 10.1 Å². The molecule has 80 valence electrons. The van der Waals surface area contributed by atoms with Crippen LogP contribution in [0.1, 0.15) is 5.56 Å². The average Bonchev–Trinajstić information content (AvgIpc) is 2.80. The highest BCUT2D eigenvalue weighted by Gasteiger charge is 1.95. The van der Waals surface area contributed by atoms with E-state index in [9.17, 15) is 10.1 Å². The average molecular weight is 215 g/mol. The lowest BCUT2D eigenvalue weighted by atomic mass is 10.2. The second-order valence-corrected chi connectivity index (χ2v) is 3.16. The van der Waals surface area contributed by atoms with Crippen molar-refractivity contribution in [3.8, 4) is 5.69 Å². The fourth-order valence-corrected chi connectivity index (χ4v) is 1.32. The number of hydrogen-bond donors (Lipinski definition) is 0. The Hall–Kier alpha value is -2.43. The topological polar surface area (TPSA) is 61.0 Å². The Kier molecular flexibility index (Phi) is 2.77. The summed E-state index contributed by atoms with van der Waals surface area (Å²) in [5, 5.41) is 10.1. The minimum absolute atomic E-state index is 0.482. The van der Waals surface area contributed by atoms with Gasteiger partial charge in [-0.1, -0.05) is 12.1 Å². The minimum Gasteiger partial charge on any atom is -0.306 e. The largest absolute Gasteiger partial charge is 0.306 e. The van der Waals surface area contributed by atoms with E-state index in [4.69, 9.17) is 0 Å². The Morgan fingerprint density at radius 2 is 2.06 bits per heavy atom. The second kappa shape index (κ2) is 4.39. The molecular formula is C11H9N3O2. The van der Waals surface area contributed by atoms with Crippen LogP contribution in [0.4, 0.5) is 0 Å². The molecule has 0 bridgehead atoms. The number of hydrogen-bond acceptors (Lipinski definition) is 3. The quantitative estimate of drug-likeness (QED) is 0.582. The maximum absolute atomic E-state index is 10.1. The van der Waals surface area contributed by atoms with Crippen LogP contribution >= 0.6 is 0 Å². The fourth-order valence-electron chi connectivity index (χ4n) is 1.32. The first-order chi connectivity index (χ1) is 7.75. The Bertz CT molecular complexity index is 501. The van der Waals surface area contributed by atoms with Crippen molar-refractivity contribution in [1.82, 2.24) is 9.55 Å². The van der Waals surface area contributed by atoms with Crippen molar-refractivity contribution in [2.75, 3.05) is 0 Å². The molecule has 5 heteroatoms. The summed E-state index contributed by atoms with van der Waals surface area (Å²) in [6, 6.07) is 7.38. The Labute approximate surface area is 91.8 Å². The van der Waals surface area contributed by atoms with E-state index in [1.54, 1.807) is 12.5 Å². The van der Waals surface area contributed by atoms with Crippen molar-refractivity contribution in [3.63, 3.8) is 0 Å². The molecule has 1 aromatic heterocycles. The van der Waals surface area contributed by atoms with E-state index in [0.717, 1.165) is 17.5 Å². The molecule has 16 heavy (non-hydrogen) atoms. The van der Waals surface area contributed by atoms with Crippen LogP contribution in [0.3, 0.4) is 0 Å². The molecule has 5 nitrogen and oxygen atoms in total. The van der Waals surface area contributed by atoms with Crippen LogP contribution in [0.25, 0.3) is 11.8 Å². The molecule has 0 radical (unpaired) electrons. The second-order valence-electron chi connectivity index (χ2n) is 3.16. The summed E-state index contributed by atoms with van der Waals surface area (Å²) < 4.78 is 1.86. The third-order valence-electron chi connectivity index (χ3n) is 2.08. The zero-order valence-electron chi connectivity index (χ0n) is 8.35. The molecule has 2 aromatic rings. The van der Waals surface area contributed by atoms with E-state index in [1.807, 2.05) is 35.0 Å². The van der Waals surface area contributed by atoms with E-state index >= 15 is 0 Å². The van der Waals surface area contributed by atoms with Gasteiger partial charge in [0.25, 0.3) is 0 Å². The molecule has 0 aliphatic carbocycles. The number of rotatable bonds is 3. The molecular weight excluding hydrogens is 206 g/mol. The van der Waals surface area contributed by atoms with Crippen LogP contribution in [-0.2, 0) is 0 Å². The minimum atomic E-state index is -0.482. The molecule has 0 atom stereocenters. The van der Waals surface area contributed by atoms with Gasteiger partial charge in [-0.15, -0.1) is 0 Å². The number of aromatic nitrogens is 2. The van der Waals surface area contributed by atoms with Gasteiger partial charge in [-0.2, -0.15) is 0 Å². The zero-order valence-corrected chi connectivity index (χ0v) is 8.35. The standard InChI is InChI=1S/C11H9N3O2/c15-14(16)7-5-10-1-3-11(4-2-10)13-8-6-12-9-13/h1-9H/b7-5+. The van der Waals surface area contributed by atoms with Gasteiger partial charge in [-0.25, -0.2) is 4.98 Å². The van der Waals surface area contributed by atoms with Crippen LogP contribution in [0.5, 0.6) is 0 Å². The molecule has 0 unspecified atom stereocenters. The van der Waals surface area contributed by atoms with Gasteiger partial charge in [0, 0.05) is 24.2 Å².